The van der Waals surface area contributed by atoms with Crippen molar-refractivity contribution in [2.45, 2.75) is 57.7 Å². The number of hydrogen-bond donors (Lipinski definition) is 0. The standard InChI is InChI=1S/C12H17ClO7/c1-5-9(18-6(2)14)10(19-7(3)15)11(12(13)17-5)20-8(4)16/h5,9-12H,1-4H3/t5-,9-,10+,11+,12+/m0/s1. The first-order valence-electron chi connectivity index (χ1n) is 6.03. The van der Waals surface area contributed by atoms with Crippen molar-refractivity contribution >= 4 is 29.5 Å². The second-order valence-electron chi connectivity index (χ2n) is 4.41. The van der Waals surface area contributed by atoms with E-state index in [0.29, 0.717) is 0 Å². The predicted octanol–water partition coefficient (Wildman–Crippen LogP) is 0.765. The number of esters is 3. The number of alkyl halides is 1. The quantitative estimate of drug-likeness (QED) is 0.432. The van der Waals surface area contributed by atoms with Crippen molar-refractivity contribution in [2.75, 3.05) is 0 Å². The summed E-state index contributed by atoms with van der Waals surface area (Å²) in [5.74, 6) is -1.79. The molecule has 8 heteroatoms. The molecule has 0 bridgehead atoms. The van der Waals surface area contributed by atoms with Gasteiger partial charge in [0, 0.05) is 20.8 Å². The summed E-state index contributed by atoms with van der Waals surface area (Å²) in [6.45, 7) is 5.21. The lowest BCUT2D eigenvalue weighted by molar-refractivity contribution is -0.230. The van der Waals surface area contributed by atoms with Gasteiger partial charge in [-0.05, 0) is 6.92 Å². The van der Waals surface area contributed by atoms with E-state index in [9.17, 15) is 14.4 Å². The normalized spacial score (nSPS) is 33.1. The minimum Gasteiger partial charge on any atom is -0.456 e. The molecule has 0 aromatic rings. The number of carbonyl (C=O) groups is 3. The zero-order chi connectivity index (χ0) is 15.4. The van der Waals surface area contributed by atoms with Crippen LogP contribution in [-0.2, 0) is 33.3 Å². The van der Waals surface area contributed by atoms with Crippen molar-refractivity contribution in [3.8, 4) is 0 Å². The fourth-order valence-electron chi connectivity index (χ4n) is 1.96. The highest BCUT2D eigenvalue weighted by molar-refractivity contribution is 6.20. The monoisotopic (exact) mass is 308 g/mol. The van der Waals surface area contributed by atoms with Crippen LogP contribution >= 0.6 is 11.6 Å². The van der Waals surface area contributed by atoms with Gasteiger partial charge in [-0.25, -0.2) is 0 Å². The third kappa shape index (κ3) is 4.35. The summed E-state index contributed by atoms with van der Waals surface area (Å²) in [7, 11) is 0. The number of hydrogen-bond acceptors (Lipinski definition) is 7. The molecule has 1 heterocycles. The van der Waals surface area contributed by atoms with E-state index in [2.05, 4.69) is 0 Å². The Morgan fingerprint density at radius 3 is 1.70 bits per heavy atom. The van der Waals surface area contributed by atoms with Gasteiger partial charge in [-0.15, -0.1) is 0 Å². The van der Waals surface area contributed by atoms with Crippen LogP contribution in [0.1, 0.15) is 27.7 Å². The molecular weight excluding hydrogens is 292 g/mol. The van der Waals surface area contributed by atoms with Crippen LogP contribution in [0.2, 0.25) is 0 Å². The molecule has 114 valence electrons. The molecule has 20 heavy (non-hydrogen) atoms. The fraction of sp³-hybridized carbons (Fsp3) is 0.750. The van der Waals surface area contributed by atoms with Gasteiger partial charge in [-0.3, -0.25) is 14.4 Å². The van der Waals surface area contributed by atoms with Crippen LogP contribution in [0.25, 0.3) is 0 Å². The summed E-state index contributed by atoms with van der Waals surface area (Å²) in [4.78, 5) is 33.5. The molecule has 0 aromatic heterocycles. The lowest BCUT2D eigenvalue weighted by Crippen LogP contribution is -2.59. The lowest BCUT2D eigenvalue weighted by atomic mass is 10.00. The van der Waals surface area contributed by atoms with Gasteiger partial charge in [-0.1, -0.05) is 11.6 Å². The first-order valence-corrected chi connectivity index (χ1v) is 6.47. The van der Waals surface area contributed by atoms with E-state index in [1.807, 2.05) is 0 Å². The van der Waals surface area contributed by atoms with E-state index < -0.39 is 47.9 Å². The van der Waals surface area contributed by atoms with E-state index in [-0.39, 0.29) is 0 Å². The Kier molecular flexibility index (Phi) is 5.76. The van der Waals surface area contributed by atoms with Gasteiger partial charge >= 0.3 is 17.9 Å². The maximum absolute atomic E-state index is 11.2. The van der Waals surface area contributed by atoms with Gasteiger partial charge in [-0.2, -0.15) is 0 Å². The molecular formula is C12H17ClO7. The molecule has 0 spiro atoms. The molecule has 0 aromatic carbocycles. The molecule has 0 radical (unpaired) electrons. The summed E-state index contributed by atoms with van der Waals surface area (Å²) >= 11 is 5.97. The van der Waals surface area contributed by atoms with E-state index in [4.69, 9.17) is 30.5 Å². The van der Waals surface area contributed by atoms with Crippen LogP contribution in [0, 0.1) is 0 Å². The Labute approximate surface area is 121 Å². The molecule has 1 saturated heterocycles. The first kappa shape index (κ1) is 16.7. The summed E-state index contributed by atoms with van der Waals surface area (Å²) < 4.78 is 20.5. The fourth-order valence-corrected chi connectivity index (χ4v) is 2.31. The van der Waals surface area contributed by atoms with Crippen LogP contribution in [-0.4, -0.2) is 47.9 Å². The molecule has 1 fully saturated rings. The summed E-state index contributed by atoms with van der Waals surface area (Å²) in [5.41, 5.74) is -1.01. The predicted molar refractivity (Wildman–Crippen MR) is 66.9 cm³/mol. The van der Waals surface area contributed by atoms with Crippen LogP contribution in [0.15, 0.2) is 0 Å². The molecule has 0 N–H and O–H groups in total. The molecule has 7 nitrogen and oxygen atoms in total. The Bertz CT molecular complexity index is 369. The molecule has 1 aliphatic heterocycles. The van der Waals surface area contributed by atoms with Crippen LogP contribution in [0.4, 0.5) is 0 Å². The maximum atomic E-state index is 11.2. The Morgan fingerprint density at radius 2 is 1.25 bits per heavy atom. The van der Waals surface area contributed by atoms with E-state index in [1.54, 1.807) is 6.92 Å². The molecule has 0 unspecified atom stereocenters. The van der Waals surface area contributed by atoms with Gasteiger partial charge in [0.15, 0.2) is 23.9 Å². The second kappa shape index (κ2) is 6.90. The number of carbonyl (C=O) groups excluding carboxylic acids is 3. The van der Waals surface area contributed by atoms with Gasteiger partial charge in [0.2, 0.25) is 0 Å². The third-order valence-electron chi connectivity index (χ3n) is 2.62. The zero-order valence-electron chi connectivity index (χ0n) is 11.6. The van der Waals surface area contributed by atoms with E-state index in [1.165, 1.54) is 20.8 Å². The van der Waals surface area contributed by atoms with Crippen LogP contribution < -0.4 is 0 Å². The van der Waals surface area contributed by atoms with Crippen molar-refractivity contribution in [1.82, 2.24) is 0 Å². The van der Waals surface area contributed by atoms with E-state index >= 15 is 0 Å². The van der Waals surface area contributed by atoms with Crippen molar-refractivity contribution in [1.29, 1.82) is 0 Å². The highest BCUT2D eigenvalue weighted by Crippen LogP contribution is 2.30. The Morgan fingerprint density at radius 1 is 0.850 bits per heavy atom. The van der Waals surface area contributed by atoms with Crippen LogP contribution in [0.5, 0.6) is 0 Å². The van der Waals surface area contributed by atoms with Gasteiger partial charge in [0.1, 0.15) is 0 Å². The highest BCUT2D eigenvalue weighted by Gasteiger charge is 2.49. The van der Waals surface area contributed by atoms with Gasteiger partial charge in [0.05, 0.1) is 6.10 Å². The molecule has 0 aliphatic carbocycles. The number of rotatable bonds is 3. The Balaban J connectivity index is 3.01. The SMILES string of the molecule is CC(=O)O[C@@H]1[C@@H](OC(C)=O)[C@H](C)O[C@@H](Cl)[C@@H]1OC(C)=O. The maximum Gasteiger partial charge on any atom is 0.303 e. The summed E-state index contributed by atoms with van der Waals surface area (Å²) in [5, 5.41) is 0. The average Bonchev–Trinajstić information content (AvgIpc) is 2.27. The van der Waals surface area contributed by atoms with Gasteiger partial charge in [0.25, 0.3) is 0 Å². The van der Waals surface area contributed by atoms with Crippen molar-refractivity contribution in [2.24, 2.45) is 0 Å². The zero-order valence-corrected chi connectivity index (χ0v) is 12.4. The smallest absolute Gasteiger partial charge is 0.303 e. The minimum atomic E-state index is -1.06. The minimum absolute atomic E-state index is 0.572. The van der Waals surface area contributed by atoms with E-state index in [0.717, 1.165) is 0 Å². The van der Waals surface area contributed by atoms with Crippen molar-refractivity contribution in [3.05, 3.63) is 0 Å². The first-order chi connectivity index (χ1) is 9.22. The lowest BCUT2D eigenvalue weighted by Gasteiger charge is -2.41. The van der Waals surface area contributed by atoms with Crippen molar-refractivity contribution < 1.29 is 33.3 Å². The summed E-state index contributed by atoms with van der Waals surface area (Å²) in [6.07, 6.45) is -3.60. The van der Waals surface area contributed by atoms with Crippen LogP contribution in [0.3, 0.4) is 0 Å². The third-order valence-corrected chi connectivity index (χ3v) is 2.97. The largest absolute Gasteiger partial charge is 0.456 e. The number of halogens is 1. The second-order valence-corrected chi connectivity index (χ2v) is 4.84. The van der Waals surface area contributed by atoms with Crippen molar-refractivity contribution in [3.63, 3.8) is 0 Å². The molecule has 5 atom stereocenters. The molecule has 1 aliphatic rings. The molecule has 0 amide bonds. The molecule has 0 saturated carbocycles. The number of ether oxygens (including phenoxy) is 4. The average molecular weight is 309 g/mol. The molecule has 1 rings (SSSR count). The highest BCUT2D eigenvalue weighted by atomic mass is 35.5. The summed E-state index contributed by atoms with van der Waals surface area (Å²) in [6, 6.07) is 0. The van der Waals surface area contributed by atoms with Gasteiger partial charge < -0.3 is 18.9 Å². The Hall–Kier alpha value is -1.34. The topological polar surface area (TPSA) is 88.1 Å².